The number of carbonyl (C=O) groups excluding carboxylic acids is 2. The van der Waals surface area contributed by atoms with Crippen LogP contribution in [-0.2, 0) is 23.8 Å². The molecule has 11 heteroatoms. The number of carbonyl (C=O) groups is 2. The van der Waals surface area contributed by atoms with Gasteiger partial charge in [-0.15, -0.1) is 0 Å². The van der Waals surface area contributed by atoms with Crippen molar-refractivity contribution in [3.05, 3.63) is 85.1 Å². The van der Waals surface area contributed by atoms with Gasteiger partial charge in [0, 0.05) is 12.8 Å². The van der Waals surface area contributed by atoms with Crippen LogP contribution in [-0.4, -0.2) is 100 Å². The van der Waals surface area contributed by atoms with Crippen LogP contribution in [0.15, 0.2) is 85.1 Å². The molecular weight excluding hydrogens is 1060 g/mol. The molecule has 1 amide bonds. The van der Waals surface area contributed by atoms with Crippen molar-refractivity contribution in [3.8, 4) is 0 Å². The summed E-state index contributed by atoms with van der Waals surface area (Å²) in [4.78, 5) is 25.1. The van der Waals surface area contributed by atoms with E-state index in [4.69, 9.17) is 14.2 Å². The smallest absolute Gasteiger partial charge is 0.305 e. The van der Waals surface area contributed by atoms with Gasteiger partial charge in [0.25, 0.3) is 0 Å². The number of allylic oxidation sites excluding steroid dienone is 13. The van der Waals surface area contributed by atoms with Crippen molar-refractivity contribution in [2.45, 2.75) is 352 Å². The van der Waals surface area contributed by atoms with E-state index in [0.29, 0.717) is 19.4 Å². The van der Waals surface area contributed by atoms with Crippen molar-refractivity contribution < 1.29 is 49.3 Å². The first kappa shape index (κ1) is 79.9. The third-order valence-electron chi connectivity index (χ3n) is 16.2. The number of hydrogen-bond donors (Lipinski definition) is 6. The summed E-state index contributed by atoms with van der Waals surface area (Å²) in [5, 5.41) is 54.5. The summed E-state index contributed by atoms with van der Waals surface area (Å²) in [6.07, 6.45) is 75.6. The monoisotopic (exact) mass is 1190 g/mol. The van der Waals surface area contributed by atoms with Crippen molar-refractivity contribution in [1.29, 1.82) is 0 Å². The Hall–Kier alpha value is -3.16. The second kappa shape index (κ2) is 62.4. The van der Waals surface area contributed by atoms with E-state index < -0.39 is 49.5 Å². The molecule has 1 aliphatic rings. The van der Waals surface area contributed by atoms with Crippen molar-refractivity contribution in [1.82, 2.24) is 5.32 Å². The van der Waals surface area contributed by atoms with Crippen LogP contribution in [0.1, 0.15) is 309 Å². The predicted molar refractivity (Wildman–Crippen MR) is 356 cm³/mol. The zero-order valence-electron chi connectivity index (χ0n) is 54.5. The molecule has 1 saturated heterocycles. The van der Waals surface area contributed by atoms with E-state index in [1.54, 1.807) is 6.08 Å². The molecule has 7 unspecified atom stereocenters. The van der Waals surface area contributed by atoms with Gasteiger partial charge in [-0.25, -0.2) is 0 Å². The average molecular weight is 1190 g/mol. The van der Waals surface area contributed by atoms with E-state index >= 15 is 0 Å². The molecule has 6 N–H and O–H groups in total. The summed E-state index contributed by atoms with van der Waals surface area (Å²) in [5.41, 5.74) is 0. The molecular formula is C74H131NO10. The van der Waals surface area contributed by atoms with Crippen molar-refractivity contribution >= 4 is 11.9 Å². The second-order valence-electron chi connectivity index (χ2n) is 24.2. The molecule has 0 aromatic heterocycles. The fraction of sp³-hybridized carbons (Fsp3) is 0.784. The molecule has 0 aromatic carbocycles. The van der Waals surface area contributed by atoms with Crippen LogP contribution in [0.25, 0.3) is 0 Å². The van der Waals surface area contributed by atoms with Gasteiger partial charge in [0.05, 0.1) is 32.0 Å². The van der Waals surface area contributed by atoms with Crippen LogP contribution in [0.4, 0.5) is 0 Å². The van der Waals surface area contributed by atoms with E-state index in [2.05, 4.69) is 92.1 Å². The number of amides is 1. The Morgan fingerprint density at radius 2 is 0.824 bits per heavy atom. The Balaban J connectivity index is 2.02. The van der Waals surface area contributed by atoms with E-state index in [1.807, 2.05) is 6.08 Å². The molecule has 7 atom stereocenters. The molecule has 1 heterocycles. The van der Waals surface area contributed by atoms with Gasteiger partial charge in [-0.3, -0.25) is 9.59 Å². The number of nitrogens with one attached hydrogen (secondary N) is 1. The number of ether oxygens (including phenoxy) is 3. The highest BCUT2D eigenvalue weighted by atomic mass is 16.7. The van der Waals surface area contributed by atoms with E-state index in [1.165, 1.54) is 186 Å². The van der Waals surface area contributed by atoms with E-state index in [9.17, 15) is 35.1 Å². The third kappa shape index (κ3) is 51.4. The topological polar surface area (TPSA) is 175 Å². The van der Waals surface area contributed by atoms with Crippen molar-refractivity contribution in [2.75, 3.05) is 19.8 Å². The standard InChI is InChI=1S/C74H131NO10/c1-3-5-7-9-11-13-15-17-33-37-40-44-48-52-56-60-67(77)66(65-84-74-73(82)72(81)71(80)68(64-76)85-74)75-69(78)61-57-53-49-45-41-38-34-31-29-27-25-23-21-19-18-20-22-24-26-28-30-32-35-39-43-47-51-55-59-63-83-70(79)62-58-54-50-46-42-36-16-14-12-10-8-6-4-2/h8,10,14-18,20,24,26,40,44,56,60,66-68,71-74,76-77,80-82H,3-7,9,11-13,19,21-23,25,27-39,41-43,45-55,57-59,61-65H2,1-2H3,(H,75,78)/b10-8-,16-14-,17-15+,20-18-,26-24-,44-40+,60-56+. The highest BCUT2D eigenvalue weighted by Crippen LogP contribution is 2.23. The summed E-state index contributed by atoms with van der Waals surface area (Å²) in [5.74, 6) is -0.211. The Morgan fingerprint density at radius 1 is 0.435 bits per heavy atom. The molecule has 0 spiro atoms. The number of esters is 1. The summed E-state index contributed by atoms with van der Waals surface area (Å²) in [7, 11) is 0. The fourth-order valence-electron chi connectivity index (χ4n) is 10.6. The maximum absolute atomic E-state index is 13.1. The molecule has 492 valence electrons. The molecule has 11 nitrogen and oxygen atoms in total. The quantitative estimate of drug-likeness (QED) is 0.0195. The maximum Gasteiger partial charge on any atom is 0.305 e. The van der Waals surface area contributed by atoms with Crippen LogP contribution >= 0.6 is 0 Å². The normalized spacial score (nSPS) is 18.5. The first-order chi connectivity index (χ1) is 41.7. The Bertz CT molecular complexity index is 1690. The SMILES string of the molecule is CCC/C=C\C/C=C\CCCCCCCC(=O)OCCCCCCCCCCC/C=C\C/C=C\CCCCCCCCCCCCCCCC(=O)NC(COC1OC(CO)C(O)C(O)C1O)C(O)/C=C/CC/C=C/CC/C=C/CCCCCCC. The molecule has 1 aliphatic heterocycles. The van der Waals surface area contributed by atoms with Crippen LogP contribution < -0.4 is 5.32 Å². The Labute approximate surface area is 521 Å². The number of aliphatic hydroxyl groups is 5. The van der Waals surface area contributed by atoms with E-state index in [0.717, 1.165) is 96.3 Å². The molecule has 1 fully saturated rings. The number of unbranched alkanes of at least 4 members (excludes halogenated alkanes) is 35. The summed E-state index contributed by atoms with van der Waals surface area (Å²) >= 11 is 0. The van der Waals surface area contributed by atoms with Gasteiger partial charge in [-0.2, -0.15) is 0 Å². The van der Waals surface area contributed by atoms with E-state index in [-0.39, 0.29) is 18.5 Å². The first-order valence-corrected chi connectivity index (χ1v) is 35.4. The molecule has 0 bridgehead atoms. The number of aliphatic hydroxyl groups excluding tert-OH is 5. The van der Waals surface area contributed by atoms with Crippen LogP contribution in [0.3, 0.4) is 0 Å². The summed E-state index contributed by atoms with van der Waals surface area (Å²) in [6, 6.07) is -0.838. The zero-order chi connectivity index (χ0) is 61.6. The predicted octanol–water partition coefficient (Wildman–Crippen LogP) is 18.1. The van der Waals surface area contributed by atoms with Gasteiger partial charge in [0.1, 0.15) is 24.4 Å². The van der Waals surface area contributed by atoms with Gasteiger partial charge < -0.3 is 45.1 Å². The third-order valence-corrected chi connectivity index (χ3v) is 16.2. The minimum atomic E-state index is -1.58. The molecule has 0 saturated carbocycles. The van der Waals surface area contributed by atoms with Gasteiger partial charge in [0.15, 0.2) is 6.29 Å². The lowest BCUT2D eigenvalue weighted by Crippen LogP contribution is -2.60. The lowest BCUT2D eigenvalue weighted by Gasteiger charge is -2.40. The number of rotatable bonds is 61. The fourth-order valence-corrected chi connectivity index (χ4v) is 10.6. The van der Waals surface area contributed by atoms with Gasteiger partial charge >= 0.3 is 5.97 Å². The Morgan fingerprint density at radius 3 is 1.28 bits per heavy atom. The molecule has 1 rings (SSSR count). The lowest BCUT2D eigenvalue weighted by molar-refractivity contribution is -0.302. The van der Waals surface area contributed by atoms with Crippen LogP contribution in [0, 0.1) is 0 Å². The minimum absolute atomic E-state index is 0.0133. The van der Waals surface area contributed by atoms with Crippen LogP contribution in [0.5, 0.6) is 0 Å². The average Bonchev–Trinajstić information content (AvgIpc) is 3.49. The molecule has 0 aromatic rings. The lowest BCUT2D eigenvalue weighted by atomic mass is 9.99. The second-order valence-corrected chi connectivity index (χ2v) is 24.2. The van der Waals surface area contributed by atoms with Gasteiger partial charge in [0.2, 0.25) is 5.91 Å². The molecule has 85 heavy (non-hydrogen) atoms. The Kier molecular flexibility index (Phi) is 58.7. The molecule has 0 radical (unpaired) electrons. The minimum Gasteiger partial charge on any atom is -0.466 e. The van der Waals surface area contributed by atoms with Crippen LogP contribution in [0.2, 0.25) is 0 Å². The summed E-state index contributed by atoms with van der Waals surface area (Å²) < 4.78 is 16.7. The largest absolute Gasteiger partial charge is 0.466 e. The van der Waals surface area contributed by atoms with Gasteiger partial charge in [-0.05, 0) is 116 Å². The highest BCUT2D eigenvalue weighted by Gasteiger charge is 2.44. The maximum atomic E-state index is 13.1. The number of hydrogen-bond acceptors (Lipinski definition) is 10. The summed E-state index contributed by atoms with van der Waals surface area (Å²) in [6.45, 7) is 4.25. The molecule has 0 aliphatic carbocycles. The van der Waals surface area contributed by atoms with Crippen molar-refractivity contribution in [3.63, 3.8) is 0 Å². The first-order valence-electron chi connectivity index (χ1n) is 35.4. The van der Waals surface area contributed by atoms with Crippen molar-refractivity contribution in [2.24, 2.45) is 0 Å². The highest BCUT2D eigenvalue weighted by molar-refractivity contribution is 5.76. The zero-order valence-corrected chi connectivity index (χ0v) is 54.5. The van der Waals surface area contributed by atoms with Gasteiger partial charge in [-0.1, -0.05) is 266 Å².